The molecule has 0 aliphatic rings. The van der Waals surface area contributed by atoms with E-state index in [0.29, 0.717) is 23.0 Å². The van der Waals surface area contributed by atoms with Gasteiger partial charge in [0.2, 0.25) is 0 Å². The van der Waals surface area contributed by atoms with E-state index in [4.69, 9.17) is 19.4 Å². The topological polar surface area (TPSA) is 80.5 Å². The molecule has 9 rings (SSSR count). The van der Waals surface area contributed by atoms with Crippen LogP contribution in [0.4, 0.5) is 0 Å². The summed E-state index contributed by atoms with van der Waals surface area (Å²) in [5, 5.41) is 13.9. The minimum absolute atomic E-state index is 0.582. The molecule has 6 nitrogen and oxygen atoms in total. The molecule has 0 N–H and O–H groups in total. The van der Waals surface area contributed by atoms with Crippen LogP contribution in [-0.4, -0.2) is 19.5 Å². The van der Waals surface area contributed by atoms with E-state index in [0.717, 1.165) is 66.1 Å². The maximum atomic E-state index is 9.80. The molecule has 0 amide bonds. The molecular weight excluding hydrogens is 566 g/mol. The van der Waals surface area contributed by atoms with Gasteiger partial charge in [0, 0.05) is 43.9 Å². The molecule has 0 unspecified atom stereocenters. The monoisotopic (exact) mass is 589 g/mol. The summed E-state index contributed by atoms with van der Waals surface area (Å²) in [6, 6.07) is 48.8. The van der Waals surface area contributed by atoms with Gasteiger partial charge in [-0.1, -0.05) is 78.9 Å². The van der Waals surface area contributed by atoms with Crippen molar-refractivity contribution in [1.29, 1.82) is 5.26 Å². The van der Waals surface area contributed by atoms with Crippen molar-refractivity contribution < 1.29 is 4.42 Å². The van der Waals surface area contributed by atoms with Crippen molar-refractivity contribution in [3.63, 3.8) is 0 Å². The number of nitrogens with zero attached hydrogens (tertiary/aromatic N) is 5. The standard InChI is InChI=1S/C40H23N5O/c41-24-25-15-18-34-31(21-25)32-22-28(40-43-38(26-9-3-1-4-10-26)42-39(44-40)27-11-5-2-6-12-27)16-19-35(32)45(34)29-17-20-37-33(23-29)30-13-7-8-14-36(30)46-37/h1-23H. The second-order valence-corrected chi connectivity index (χ2v) is 11.2. The number of rotatable bonds is 4. The van der Waals surface area contributed by atoms with Gasteiger partial charge >= 0.3 is 0 Å². The van der Waals surface area contributed by atoms with Crippen molar-refractivity contribution in [2.75, 3.05) is 0 Å². The first-order valence-corrected chi connectivity index (χ1v) is 15.0. The van der Waals surface area contributed by atoms with Crippen LogP contribution >= 0.6 is 0 Å². The lowest BCUT2D eigenvalue weighted by Crippen LogP contribution is -2.00. The van der Waals surface area contributed by atoms with E-state index < -0.39 is 0 Å². The molecule has 0 bridgehead atoms. The highest BCUT2D eigenvalue weighted by Gasteiger charge is 2.18. The maximum absolute atomic E-state index is 9.80. The number of hydrogen-bond donors (Lipinski definition) is 0. The summed E-state index contributed by atoms with van der Waals surface area (Å²) in [6.07, 6.45) is 0. The van der Waals surface area contributed by atoms with E-state index in [-0.39, 0.29) is 0 Å². The Morgan fingerprint density at radius 2 is 1.07 bits per heavy atom. The van der Waals surface area contributed by atoms with Crippen LogP contribution in [0.15, 0.2) is 144 Å². The predicted molar refractivity (Wildman–Crippen MR) is 182 cm³/mol. The molecule has 0 saturated heterocycles. The van der Waals surface area contributed by atoms with E-state index >= 15 is 0 Å². The Kier molecular flexibility index (Phi) is 5.77. The first-order valence-electron chi connectivity index (χ1n) is 15.0. The average molecular weight is 590 g/mol. The summed E-state index contributed by atoms with van der Waals surface area (Å²) < 4.78 is 8.36. The second-order valence-electron chi connectivity index (χ2n) is 11.2. The molecule has 3 aromatic heterocycles. The van der Waals surface area contributed by atoms with Gasteiger partial charge in [0.15, 0.2) is 17.5 Å². The van der Waals surface area contributed by atoms with E-state index in [1.165, 1.54) is 0 Å². The molecule has 46 heavy (non-hydrogen) atoms. The van der Waals surface area contributed by atoms with Crippen molar-refractivity contribution in [3.05, 3.63) is 145 Å². The van der Waals surface area contributed by atoms with Crippen LogP contribution in [0.1, 0.15) is 5.56 Å². The van der Waals surface area contributed by atoms with Crippen LogP contribution in [0.3, 0.4) is 0 Å². The van der Waals surface area contributed by atoms with E-state index in [9.17, 15) is 5.26 Å². The van der Waals surface area contributed by atoms with E-state index in [1.54, 1.807) is 0 Å². The lowest BCUT2D eigenvalue weighted by Gasteiger charge is -2.10. The van der Waals surface area contributed by atoms with Gasteiger partial charge in [-0.15, -0.1) is 0 Å². The van der Waals surface area contributed by atoms with Gasteiger partial charge in [-0.25, -0.2) is 15.0 Å². The fraction of sp³-hybridized carbons (Fsp3) is 0. The minimum atomic E-state index is 0.582. The zero-order valence-electron chi connectivity index (χ0n) is 24.4. The van der Waals surface area contributed by atoms with Crippen molar-refractivity contribution >= 4 is 43.7 Å². The Labute approximate surface area is 263 Å². The summed E-state index contributed by atoms with van der Waals surface area (Å²) in [4.78, 5) is 14.8. The summed E-state index contributed by atoms with van der Waals surface area (Å²) in [6.45, 7) is 0. The third kappa shape index (κ3) is 4.15. The fourth-order valence-electron chi connectivity index (χ4n) is 6.30. The number of fused-ring (bicyclic) bond motifs is 6. The Morgan fingerprint density at radius 1 is 0.478 bits per heavy atom. The summed E-state index contributed by atoms with van der Waals surface area (Å²) in [5.41, 5.74) is 8.04. The summed E-state index contributed by atoms with van der Waals surface area (Å²) in [7, 11) is 0. The molecule has 214 valence electrons. The van der Waals surface area contributed by atoms with Crippen LogP contribution in [0.25, 0.3) is 83.6 Å². The van der Waals surface area contributed by atoms with Gasteiger partial charge in [-0.2, -0.15) is 5.26 Å². The molecular formula is C40H23N5O. The molecule has 0 radical (unpaired) electrons. The van der Waals surface area contributed by atoms with Crippen molar-refractivity contribution in [2.24, 2.45) is 0 Å². The van der Waals surface area contributed by atoms with Crippen LogP contribution in [0.2, 0.25) is 0 Å². The smallest absolute Gasteiger partial charge is 0.164 e. The van der Waals surface area contributed by atoms with Crippen LogP contribution in [-0.2, 0) is 0 Å². The molecule has 6 aromatic carbocycles. The van der Waals surface area contributed by atoms with Gasteiger partial charge in [0.1, 0.15) is 11.2 Å². The predicted octanol–water partition coefficient (Wildman–Crippen LogP) is 9.74. The molecule has 0 fully saturated rings. The first-order chi connectivity index (χ1) is 22.7. The van der Waals surface area contributed by atoms with Gasteiger partial charge < -0.3 is 8.98 Å². The zero-order valence-corrected chi connectivity index (χ0v) is 24.4. The lowest BCUT2D eigenvalue weighted by atomic mass is 10.1. The van der Waals surface area contributed by atoms with Gasteiger partial charge in [0.05, 0.1) is 22.7 Å². The first kappa shape index (κ1) is 25.9. The van der Waals surface area contributed by atoms with Crippen molar-refractivity contribution in [3.8, 4) is 45.9 Å². The van der Waals surface area contributed by atoms with E-state index in [1.807, 2.05) is 103 Å². The number of nitriles is 1. The Morgan fingerprint density at radius 3 is 1.76 bits per heavy atom. The quantitative estimate of drug-likeness (QED) is 0.204. The maximum Gasteiger partial charge on any atom is 0.164 e. The summed E-state index contributed by atoms with van der Waals surface area (Å²) in [5.74, 6) is 1.80. The number of para-hydroxylation sites is 1. The molecule has 3 heterocycles. The summed E-state index contributed by atoms with van der Waals surface area (Å²) >= 11 is 0. The molecule has 6 heteroatoms. The lowest BCUT2D eigenvalue weighted by molar-refractivity contribution is 0.669. The third-order valence-corrected chi connectivity index (χ3v) is 8.47. The number of aromatic nitrogens is 4. The minimum Gasteiger partial charge on any atom is -0.456 e. The van der Waals surface area contributed by atoms with Gasteiger partial charge in [0.25, 0.3) is 0 Å². The van der Waals surface area contributed by atoms with Crippen LogP contribution in [0.5, 0.6) is 0 Å². The Hall–Kier alpha value is -6.58. The highest BCUT2D eigenvalue weighted by Crippen LogP contribution is 2.37. The SMILES string of the molecule is N#Cc1ccc2c(c1)c1cc(-c3nc(-c4ccccc4)nc(-c4ccccc4)n3)ccc1n2-c1ccc2oc3ccccc3c2c1. The third-order valence-electron chi connectivity index (χ3n) is 8.47. The number of hydrogen-bond acceptors (Lipinski definition) is 5. The number of furan rings is 1. The average Bonchev–Trinajstić information content (AvgIpc) is 3.66. The fourth-order valence-corrected chi connectivity index (χ4v) is 6.30. The van der Waals surface area contributed by atoms with Crippen LogP contribution in [0, 0.1) is 11.3 Å². The van der Waals surface area contributed by atoms with Crippen molar-refractivity contribution in [2.45, 2.75) is 0 Å². The molecule has 0 spiro atoms. The largest absolute Gasteiger partial charge is 0.456 e. The van der Waals surface area contributed by atoms with Gasteiger partial charge in [-0.3, -0.25) is 0 Å². The Bertz CT molecular complexity index is 2590. The van der Waals surface area contributed by atoms with E-state index in [2.05, 4.69) is 47.0 Å². The molecule has 0 atom stereocenters. The highest BCUT2D eigenvalue weighted by molar-refractivity contribution is 6.11. The molecule has 0 aliphatic heterocycles. The van der Waals surface area contributed by atoms with Crippen LogP contribution < -0.4 is 0 Å². The Balaban J connectivity index is 1.28. The number of benzene rings is 6. The molecule has 0 saturated carbocycles. The molecule has 9 aromatic rings. The molecule has 0 aliphatic carbocycles. The normalized spacial score (nSPS) is 11.5. The second kappa shape index (κ2) is 10.3. The van der Waals surface area contributed by atoms with Gasteiger partial charge in [-0.05, 0) is 60.7 Å². The highest BCUT2D eigenvalue weighted by atomic mass is 16.3. The zero-order chi connectivity index (χ0) is 30.6. The van der Waals surface area contributed by atoms with Crippen molar-refractivity contribution in [1.82, 2.24) is 19.5 Å².